The van der Waals surface area contributed by atoms with Crippen molar-refractivity contribution in [1.82, 2.24) is 0 Å². The molecule has 0 saturated carbocycles. The lowest BCUT2D eigenvalue weighted by molar-refractivity contribution is 0.440. The van der Waals surface area contributed by atoms with Gasteiger partial charge in [-0.05, 0) is 29.8 Å². The lowest BCUT2D eigenvalue weighted by Crippen LogP contribution is -2.04. The smallest absolute Gasteiger partial charge is 0.123 e. The Balaban J connectivity index is 2.22. The predicted octanol–water partition coefficient (Wildman–Crippen LogP) is 4.45. The van der Waals surface area contributed by atoms with E-state index in [2.05, 4.69) is 15.9 Å². The van der Waals surface area contributed by atoms with Crippen LogP contribution in [0.4, 0.5) is 0 Å². The second-order valence-electron chi connectivity index (χ2n) is 5.47. The molecule has 4 nitrogen and oxygen atoms in total. The third-order valence-electron chi connectivity index (χ3n) is 3.85. The molecule has 0 aliphatic rings. The molecule has 0 fully saturated rings. The third-order valence-corrected chi connectivity index (χ3v) is 4.38. The molecule has 3 aromatic carbocycles. The molecule has 122 valence electrons. The van der Waals surface area contributed by atoms with Crippen molar-refractivity contribution in [2.24, 2.45) is 0 Å². The molecular weight excluding hydrogens is 372 g/mol. The number of rotatable bonds is 3. The maximum Gasteiger partial charge on any atom is 0.123 e. The van der Waals surface area contributed by atoms with Crippen molar-refractivity contribution in [3.05, 3.63) is 81.8 Å². The van der Waals surface area contributed by atoms with E-state index in [0.717, 1.165) is 10.0 Å². The van der Waals surface area contributed by atoms with Crippen molar-refractivity contribution in [2.45, 2.75) is 5.92 Å². The molecule has 0 aromatic heterocycles. The van der Waals surface area contributed by atoms with Gasteiger partial charge >= 0.3 is 0 Å². The van der Waals surface area contributed by atoms with Crippen LogP contribution < -0.4 is 0 Å². The average Bonchev–Trinajstić information content (AvgIpc) is 2.53. The number of phenols is 4. The molecule has 0 atom stereocenters. The van der Waals surface area contributed by atoms with Crippen molar-refractivity contribution < 1.29 is 20.4 Å². The topological polar surface area (TPSA) is 80.9 Å². The molecule has 0 aliphatic carbocycles. The normalized spacial score (nSPS) is 10.9. The highest BCUT2D eigenvalue weighted by Crippen LogP contribution is 2.42. The molecule has 0 amide bonds. The van der Waals surface area contributed by atoms with Crippen LogP contribution in [0.15, 0.2) is 65.1 Å². The van der Waals surface area contributed by atoms with Crippen molar-refractivity contribution in [1.29, 1.82) is 0 Å². The van der Waals surface area contributed by atoms with Gasteiger partial charge in [0, 0.05) is 33.7 Å². The third kappa shape index (κ3) is 3.16. The molecule has 24 heavy (non-hydrogen) atoms. The summed E-state index contributed by atoms with van der Waals surface area (Å²) >= 11 is 3.39. The Morgan fingerprint density at radius 3 is 1.50 bits per heavy atom. The molecule has 0 heterocycles. The van der Waals surface area contributed by atoms with Crippen LogP contribution in [0, 0.1) is 0 Å². The van der Waals surface area contributed by atoms with Crippen molar-refractivity contribution in [3.63, 3.8) is 0 Å². The zero-order valence-electron chi connectivity index (χ0n) is 12.5. The standard InChI is InChI=1S/C19H15BrO4/c20-12-3-1-11(2-4-12)19(15-7-5-13(21)9-17(15)23)16-8-6-14(22)10-18(16)24/h1-10,19,21-24H. The summed E-state index contributed by atoms with van der Waals surface area (Å²) in [6.07, 6.45) is 0. The second kappa shape index (κ2) is 6.45. The molecule has 5 heteroatoms. The van der Waals surface area contributed by atoms with Crippen LogP contribution in [0.25, 0.3) is 0 Å². The van der Waals surface area contributed by atoms with Crippen LogP contribution >= 0.6 is 15.9 Å². The van der Waals surface area contributed by atoms with Gasteiger partial charge in [0.2, 0.25) is 0 Å². The van der Waals surface area contributed by atoms with Crippen LogP contribution in [0.1, 0.15) is 22.6 Å². The fraction of sp³-hybridized carbons (Fsp3) is 0.0526. The summed E-state index contributed by atoms with van der Waals surface area (Å²) in [4.78, 5) is 0. The molecule has 4 N–H and O–H groups in total. The molecule has 3 rings (SSSR count). The van der Waals surface area contributed by atoms with Gasteiger partial charge in [-0.1, -0.05) is 40.2 Å². The second-order valence-corrected chi connectivity index (χ2v) is 6.39. The first-order valence-electron chi connectivity index (χ1n) is 7.25. The van der Waals surface area contributed by atoms with Gasteiger partial charge in [0.25, 0.3) is 0 Å². The highest BCUT2D eigenvalue weighted by atomic mass is 79.9. The molecule has 0 unspecified atom stereocenters. The zero-order chi connectivity index (χ0) is 17.3. The molecule has 0 spiro atoms. The van der Waals surface area contributed by atoms with E-state index in [4.69, 9.17) is 0 Å². The van der Waals surface area contributed by atoms with Gasteiger partial charge in [-0.15, -0.1) is 0 Å². The van der Waals surface area contributed by atoms with Crippen LogP contribution in [-0.4, -0.2) is 20.4 Å². The Kier molecular flexibility index (Phi) is 4.36. The van der Waals surface area contributed by atoms with Crippen molar-refractivity contribution in [3.8, 4) is 23.0 Å². The maximum absolute atomic E-state index is 10.3. The van der Waals surface area contributed by atoms with E-state index in [-0.39, 0.29) is 23.0 Å². The Labute approximate surface area is 147 Å². The van der Waals surface area contributed by atoms with E-state index in [0.29, 0.717) is 11.1 Å². The monoisotopic (exact) mass is 386 g/mol. The zero-order valence-corrected chi connectivity index (χ0v) is 14.1. The van der Waals surface area contributed by atoms with E-state index in [1.807, 2.05) is 24.3 Å². The summed E-state index contributed by atoms with van der Waals surface area (Å²) in [6, 6.07) is 16.2. The van der Waals surface area contributed by atoms with Gasteiger partial charge in [-0.25, -0.2) is 0 Å². The SMILES string of the molecule is Oc1ccc(C(c2ccc(Br)cc2)c2ccc(O)cc2O)c(O)c1. The van der Waals surface area contributed by atoms with Gasteiger partial charge in [0.05, 0.1) is 0 Å². The number of phenolic OH excluding ortho intramolecular Hbond substituents is 4. The largest absolute Gasteiger partial charge is 0.508 e. The number of aromatic hydroxyl groups is 4. The lowest BCUT2D eigenvalue weighted by Gasteiger charge is -2.21. The molecule has 3 aromatic rings. The lowest BCUT2D eigenvalue weighted by atomic mass is 9.84. The van der Waals surface area contributed by atoms with Gasteiger partial charge in [-0.3, -0.25) is 0 Å². The molecule has 0 radical (unpaired) electrons. The van der Waals surface area contributed by atoms with E-state index in [1.54, 1.807) is 12.1 Å². The number of hydrogen-bond acceptors (Lipinski definition) is 4. The molecule has 0 bridgehead atoms. The van der Waals surface area contributed by atoms with Gasteiger partial charge in [-0.2, -0.15) is 0 Å². The minimum atomic E-state index is -0.459. The van der Waals surface area contributed by atoms with Crippen LogP contribution in [0.2, 0.25) is 0 Å². The summed E-state index contributed by atoms with van der Waals surface area (Å²) < 4.78 is 0.912. The minimum Gasteiger partial charge on any atom is -0.508 e. The van der Waals surface area contributed by atoms with E-state index in [9.17, 15) is 20.4 Å². The first-order chi connectivity index (χ1) is 11.5. The first-order valence-corrected chi connectivity index (χ1v) is 8.04. The highest BCUT2D eigenvalue weighted by molar-refractivity contribution is 9.10. The highest BCUT2D eigenvalue weighted by Gasteiger charge is 2.23. The molecular formula is C19H15BrO4. The van der Waals surface area contributed by atoms with E-state index >= 15 is 0 Å². The first kappa shape index (κ1) is 16.2. The fourth-order valence-corrected chi connectivity index (χ4v) is 3.00. The predicted molar refractivity (Wildman–Crippen MR) is 94.6 cm³/mol. The van der Waals surface area contributed by atoms with E-state index < -0.39 is 5.92 Å². The quantitative estimate of drug-likeness (QED) is 0.501. The minimum absolute atomic E-state index is 0.0410. The summed E-state index contributed by atoms with van der Waals surface area (Å²) in [7, 11) is 0. The van der Waals surface area contributed by atoms with Gasteiger partial charge in [0.1, 0.15) is 23.0 Å². The summed E-state index contributed by atoms with van der Waals surface area (Å²) in [5, 5.41) is 39.6. The van der Waals surface area contributed by atoms with Gasteiger partial charge < -0.3 is 20.4 Å². The fourth-order valence-electron chi connectivity index (χ4n) is 2.73. The van der Waals surface area contributed by atoms with Crippen molar-refractivity contribution >= 4 is 15.9 Å². The Morgan fingerprint density at radius 1 is 0.625 bits per heavy atom. The number of hydrogen-bond donors (Lipinski definition) is 4. The average molecular weight is 387 g/mol. The number of benzene rings is 3. The number of halogens is 1. The van der Waals surface area contributed by atoms with E-state index in [1.165, 1.54) is 24.3 Å². The summed E-state index contributed by atoms with van der Waals surface area (Å²) in [5.41, 5.74) is 1.92. The Bertz CT molecular complexity index is 824. The van der Waals surface area contributed by atoms with Crippen LogP contribution in [0.3, 0.4) is 0 Å². The maximum atomic E-state index is 10.3. The Hall–Kier alpha value is -2.66. The van der Waals surface area contributed by atoms with Crippen molar-refractivity contribution in [2.75, 3.05) is 0 Å². The van der Waals surface area contributed by atoms with Crippen LogP contribution in [0.5, 0.6) is 23.0 Å². The Morgan fingerprint density at radius 2 is 1.08 bits per heavy atom. The van der Waals surface area contributed by atoms with Gasteiger partial charge in [0.15, 0.2) is 0 Å². The molecule has 0 aliphatic heterocycles. The molecule has 0 saturated heterocycles. The summed E-state index contributed by atoms with van der Waals surface area (Å²) in [5.74, 6) is -0.688. The van der Waals surface area contributed by atoms with Crippen LogP contribution in [-0.2, 0) is 0 Å². The summed E-state index contributed by atoms with van der Waals surface area (Å²) in [6.45, 7) is 0.